The predicted molar refractivity (Wildman–Crippen MR) is 84.3 cm³/mol. The molecule has 0 nitrogen and oxygen atoms in total. The van der Waals surface area contributed by atoms with Crippen LogP contribution in [0.25, 0.3) is 16.7 Å². The van der Waals surface area contributed by atoms with Crippen LogP contribution in [-0.2, 0) is 0 Å². The summed E-state index contributed by atoms with van der Waals surface area (Å²) < 4.78 is 0. The molecule has 0 heterocycles. The topological polar surface area (TPSA) is 0 Å². The van der Waals surface area contributed by atoms with Crippen molar-refractivity contribution < 1.29 is 0 Å². The van der Waals surface area contributed by atoms with Crippen LogP contribution in [0.1, 0.15) is 29.0 Å². The molecule has 2 aromatic carbocycles. The lowest BCUT2D eigenvalue weighted by Crippen LogP contribution is -1.89. The molecule has 0 aliphatic heterocycles. The van der Waals surface area contributed by atoms with E-state index in [1.807, 2.05) is 6.08 Å². The Morgan fingerprint density at radius 2 is 1.80 bits per heavy atom. The molecule has 0 saturated carbocycles. The van der Waals surface area contributed by atoms with Crippen LogP contribution in [-0.4, -0.2) is 0 Å². The summed E-state index contributed by atoms with van der Waals surface area (Å²) in [4.78, 5) is 0. The van der Waals surface area contributed by atoms with Crippen LogP contribution in [0.3, 0.4) is 0 Å². The lowest BCUT2D eigenvalue weighted by molar-refractivity contribution is 0.908. The fourth-order valence-electron chi connectivity index (χ4n) is 3.58. The summed E-state index contributed by atoms with van der Waals surface area (Å²) in [6.07, 6.45) is 12.2. The third-order valence-corrected chi connectivity index (χ3v) is 4.34. The minimum atomic E-state index is 0.530. The van der Waals surface area contributed by atoms with E-state index in [4.69, 9.17) is 6.42 Å². The molecule has 0 bridgehead atoms. The van der Waals surface area contributed by atoms with Crippen LogP contribution < -0.4 is 0 Å². The Hall–Kier alpha value is -2.52. The number of terminal acetylenes is 1. The summed E-state index contributed by atoms with van der Waals surface area (Å²) in [5, 5.41) is 0. The van der Waals surface area contributed by atoms with E-state index in [-0.39, 0.29) is 0 Å². The van der Waals surface area contributed by atoms with E-state index in [2.05, 4.69) is 54.5 Å². The molecule has 0 fully saturated rings. The number of rotatable bonds is 1. The summed E-state index contributed by atoms with van der Waals surface area (Å²) in [5.74, 6) is 3.07. The summed E-state index contributed by atoms with van der Waals surface area (Å²) in [6.45, 7) is 0. The maximum Gasteiger partial charge on any atom is 0.0148 e. The number of hydrogen-bond donors (Lipinski definition) is 0. The van der Waals surface area contributed by atoms with Crippen LogP contribution in [0.15, 0.2) is 60.7 Å². The van der Waals surface area contributed by atoms with E-state index in [9.17, 15) is 0 Å². The van der Waals surface area contributed by atoms with Gasteiger partial charge < -0.3 is 0 Å². The Bertz CT molecular complexity index is 797. The first-order valence-electron chi connectivity index (χ1n) is 6.94. The summed E-state index contributed by atoms with van der Waals surface area (Å²) >= 11 is 0. The molecule has 2 aliphatic carbocycles. The Morgan fingerprint density at radius 3 is 2.70 bits per heavy atom. The van der Waals surface area contributed by atoms with E-state index in [1.165, 1.54) is 33.4 Å². The van der Waals surface area contributed by atoms with E-state index >= 15 is 0 Å². The first kappa shape index (κ1) is 11.3. The Labute approximate surface area is 119 Å². The van der Waals surface area contributed by atoms with Gasteiger partial charge in [-0.05, 0) is 45.9 Å². The Kier molecular flexibility index (Phi) is 2.41. The van der Waals surface area contributed by atoms with Gasteiger partial charge in [0.25, 0.3) is 0 Å². The molecule has 0 aromatic heterocycles. The molecule has 94 valence electrons. The molecule has 0 N–H and O–H groups in total. The molecular weight excluding hydrogens is 240 g/mol. The normalized spacial score (nSPS) is 20.1. The third kappa shape index (κ3) is 1.44. The first-order chi connectivity index (χ1) is 9.90. The summed E-state index contributed by atoms with van der Waals surface area (Å²) in [6, 6.07) is 15.4. The van der Waals surface area contributed by atoms with E-state index in [0.717, 1.165) is 6.42 Å². The monoisotopic (exact) mass is 254 g/mol. The van der Waals surface area contributed by atoms with Crippen LogP contribution in [0, 0.1) is 12.3 Å². The van der Waals surface area contributed by atoms with Gasteiger partial charge in [-0.1, -0.05) is 60.5 Å². The van der Waals surface area contributed by atoms with Crippen LogP contribution in [0.2, 0.25) is 0 Å². The van der Waals surface area contributed by atoms with E-state index in [0.29, 0.717) is 5.92 Å². The highest BCUT2D eigenvalue weighted by Gasteiger charge is 2.36. The molecule has 1 unspecified atom stereocenters. The highest BCUT2D eigenvalue weighted by molar-refractivity contribution is 5.90. The molecule has 0 spiro atoms. The number of hydrogen-bond acceptors (Lipinski definition) is 0. The standard InChI is InChI=1S/C20H14/c1-2-3-4-8-14-13-19-17-10-6-5-9-16(17)18-12-7-11-15(14)20(18)19/h1,3-12,19H,13H2/b4-3-,14-8+. The predicted octanol–water partition coefficient (Wildman–Crippen LogP) is 4.78. The van der Waals surface area contributed by atoms with Gasteiger partial charge in [0, 0.05) is 5.92 Å². The number of fused-ring (bicyclic) bond motifs is 3. The zero-order valence-electron chi connectivity index (χ0n) is 11.1. The Balaban J connectivity index is 1.92. The largest absolute Gasteiger partial charge is 0.115 e. The van der Waals surface area contributed by atoms with Crippen molar-refractivity contribution in [3.8, 4) is 23.5 Å². The molecule has 2 aliphatic rings. The van der Waals surface area contributed by atoms with Crippen molar-refractivity contribution in [1.29, 1.82) is 0 Å². The van der Waals surface area contributed by atoms with Crippen molar-refractivity contribution in [2.24, 2.45) is 0 Å². The van der Waals surface area contributed by atoms with Crippen molar-refractivity contribution in [3.05, 3.63) is 77.4 Å². The average Bonchev–Trinajstić information content (AvgIpc) is 3.01. The van der Waals surface area contributed by atoms with Gasteiger partial charge in [-0.25, -0.2) is 0 Å². The molecule has 2 aromatic rings. The zero-order valence-corrected chi connectivity index (χ0v) is 11.1. The maximum atomic E-state index is 5.27. The van der Waals surface area contributed by atoms with E-state index in [1.54, 1.807) is 6.08 Å². The lowest BCUT2D eigenvalue weighted by Gasteiger charge is -2.06. The van der Waals surface area contributed by atoms with Gasteiger partial charge in [0.1, 0.15) is 0 Å². The van der Waals surface area contributed by atoms with Gasteiger partial charge >= 0.3 is 0 Å². The van der Waals surface area contributed by atoms with Gasteiger partial charge in [0.05, 0.1) is 0 Å². The second-order valence-corrected chi connectivity index (χ2v) is 5.33. The van der Waals surface area contributed by atoms with Gasteiger partial charge in [0.15, 0.2) is 0 Å². The van der Waals surface area contributed by atoms with Crippen molar-refractivity contribution in [2.45, 2.75) is 12.3 Å². The number of allylic oxidation sites excluding steroid dienone is 4. The fraction of sp³-hybridized carbons (Fsp3) is 0.100. The second kappa shape index (κ2) is 4.25. The van der Waals surface area contributed by atoms with Crippen molar-refractivity contribution in [1.82, 2.24) is 0 Å². The van der Waals surface area contributed by atoms with Crippen LogP contribution in [0.5, 0.6) is 0 Å². The third-order valence-electron chi connectivity index (χ3n) is 4.34. The number of benzene rings is 2. The average molecular weight is 254 g/mol. The minimum absolute atomic E-state index is 0.530. The molecule has 0 amide bonds. The molecule has 20 heavy (non-hydrogen) atoms. The molecule has 0 saturated heterocycles. The Morgan fingerprint density at radius 1 is 1.00 bits per heavy atom. The van der Waals surface area contributed by atoms with Gasteiger partial charge in [-0.15, -0.1) is 6.42 Å². The summed E-state index contributed by atoms with van der Waals surface area (Å²) in [5.41, 5.74) is 8.59. The molecule has 1 atom stereocenters. The highest BCUT2D eigenvalue weighted by Crippen LogP contribution is 2.55. The SMILES string of the molecule is C#C/C=C\C=C1/CC2c3ccccc3-c3cccc1c32. The van der Waals surface area contributed by atoms with Gasteiger partial charge in [-0.3, -0.25) is 0 Å². The molecule has 4 rings (SSSR count). The fourth-order valence-corrected chi connectivity index (χ4v) is 3.58. The minimum Gasteiger partial charge on any atom is -0.115 e. The summed E-state index contributed by atoms with van der Waals surface area (Å²) in [7, 11) is 0. The highest BCUT2D eigenvalue weighted by atomic mass is 14.4. The van der Waals surface area contributed by atoms with Gasteiger partial charge in [0.2, 0.25) is 0 Å². The van der Waals surface area contributed by atoms with Crippen molar-refractivity contribution in [3.63, 3.8) is 0 Å². The van der Waals surface area contributed by atoms with Crippen LogP contribution in [0.4, 0.5) is 0 Å². The second-order valence-electron chi connectivity index (χ2n) is 5.33. The van der Waals surface area contributed by atoms with Gasteiger partial charge in [-0.2, -0.15) is 0 Å². The first-order valence-corrected chi connectivity index (χ1v) is 6.94. The van der Waals surface area contributed by atoms with Crippen molar-refractivity contribution >= 4 is 5.57 Å². The maximum absolute atomic E-state index is 5.27. The van der Waals surface area contributed by atoms with Crippen molar-refractivity contribution in [2.75, 3.05) is 0 Å². The lowest BCUT2D eigenvalue weighted by atomic mass is 9.97. The quantitative estimate of drug-likeness (QED) is 0.643. The molecule has 0 radical (unpaired) electrons. The molecular formula is C20H14. The van der Waals surface area contributed by atoms with E-state index < -0.39 is 0 Å². The zero-order chi connectivity index (χ0) is 13.5. The smallest absolute Gasteiger partial charge is 0.0148 e. The molecule has 0 heteroatoms. The van der Waals surface area contributed by atoms with Crippen LogP contribution >= 0.6 is 0 Å².